The first-order chi connectivity index (χ1) is 13.2. The Morgan fingerprint density at radius 1 is 1.04 bits per heavy atom. The van der Waals surface area contributed by atoms with Crippen LogP contribution in [0, 0.1) is 0 Å². The van der Waals surface area contributed by atoms with Gasteiger partial charge in [0, 0.05) is 6.20 Å². The summed E-state index contributed by atoms with van der Waals surface area (Å²) in [5, 5.41) is 7.40. The van der Waals surface area contributed by atoms with Crippen molar-refractivity contribution in [3.63, 3.8) is 0 Å². The zero-order chi connectivity index (χ0) is 19.1. The third-order valence-corrected chi connectivity index (χ3v) is 4.63. The summed E-state index contributed by atoms with van der Waals surface area (Å²) in [6.45, 7) is 6.43. The zero-order valence-corrected chi connectivity index (χ0v) is 15.9. The van der Waals surface area contributed by atoms with Crippen LogP contribution in [0.15, 0.2) is 73.1 Å². The number of nitrogens with one attached hydrogen (secondary N) is 1. The Bertz CT molecular complexity index is 841. The van der Waals surface area contributed by atoms with Crippen LogP contribution in [-0.4, -0.2) is 33.7 Å². The van der Waals surface area contributed by atoms with Crippen LogP contribution in [0.3, 0.4) is 0 Å². The van der Waals surface area contributed by atoms with Gasteiger partial charge in [-0.15, -0.1) is 0 Å². The normalized spacial score (nSPS) is 12.1. The number of likely N-dealkylation sites (N-methyl/N-ethyl adjacent to an activating group) is 1. The number of amides is 1. The number of anilines is 1. The van der Waals surface area contributed by atoms with Gasteiger partial charge in [-0.3, -0.25) is 14.4 Å². The minimum atomic E-state index is -0.321. The molecule has 0 aliphatic rings. The van der Waals surface area contributed by atoms with E-state index in [1.54, 1.807) is 6.20 Å². The van der Waals surface area contributed by atoms with Gasteiger partial charge >= 0.3 is 0 Å². The van der Waals surface area contributed by atoms with Gasteiger partial charge in [0.2, 0.25) is 5.91 Å². The molecule has 1 aromatic heterocycles. The van der Waals surface area contributed by atoms with Crippen LogP contribution in [-0.2, 0) is 11.3 Å². The van der Waals surface area contributed by atoms with Crippen molar-refractivity contribution in [2.45, 2.75) is 26.4 Å². The Kier molecular flexibility index (Phi) is 6.39. The van der Waals surface area contributed by atoms with E-state index in [1.165, 1.54) is 5.56 Å². The van der Waals surface area contributed by atoms with Crippen molar-refractivity contribution in [2.24, 2.45) is 0 Å². The Hall–Kier alpha value is -2.92. The van der Waals surface area contributed by atoms with E-state index in [9.17, 15) is 4.79 Å². The van der Waals surface area contributed by atoms with Crippen LogP contribution in [0.4, 0.5) is 5.69 Å². The first-order valence-corrected chi connectivity index (χ1v) is 9.37. The third-order valence-electron chi connectivity index (χ3n) is 4.63. The summed E-state index contributed by atoms with van der Waals surface area (Å²) in [4.78, 5) is 15.2. The molecule has 0 fully saturated rings. The summed E-state index contributed by atoms with van der Waals surface area (Å²) >= 11 is 0. The van der Waals surface area contributed by atoms with E-state index in [2.05, 4.69) is 41.3 Å². The third kappa shape index (κ3) is 4.83. The number of nitrogens with zero attached hydrogens (tertiary/aromatic N) is 3. The standard InChI is InChI=1S/C22H26N4O/c1-3-25(4-2)21(19-13-9-6-10-14-19)22(27)24-20-15-23-26(17-20)16-18-11-7-5-8-12-18/h5-15,17,21H,3-4,16H2,1-2H3,(H,24,27). The van der Waals surface area contributed by atoms with Gasteiger partial charge in [0.1, 0.15) is 6.04 Å². The number of carbonyl (C=O) groups excluding carboxylic acids is 1. The fourth-order valence-corrected chi connectivity index (χ4v) is 3.25. The Labute approximate surface area is 160 Å². The second-order valence-corrected chi connectivity index (χ2v) is 6.44. The van der Waals surface area contributed by atoms with Gasteiger partial charge in [0.25, 0.3) is 0 Å². The molecule has 1 N–H and O–H groups in total. The smallest absolute Gasteiger partial charge is 0.246 e. The number of hydrogen-bond donors (Lipinski definition) is 1. The van der Waals surface area contributed by atoms with E-state index in [0.29, 0.717) is 12.2 Å². The lowest BCUT2D eigenvalue weighted by atomic mass is 10.0. The molecule has 0 aliphatic carbocycles. The highest BCUT2D eigenvalue weighted by Gasteiger charge is 2.26. The van der Waals surface area contributed by atoms with Crippen molar-refractivity contribution in [3.05, 3.63) is 84.2 Å². The minimum absolute atomic E-state index is 0.0378. The zero-order valence-electron chi connectivity index (χ0n) is 15.9. The Morgan fingerprint density at radius 2 is 1.67 bits per heavy atom. The van der Waals surface area contributed by atoms with Crippen molar-refractivity contribution in [1.29, 1.82) is 0 Å². The van der Waals surface area contributed by atoms with Gasteiger partial charge in [-0.05, 0) is 24.2 Å². The highest BCUT2D eigenvalue weighted by Crippen LogP contribution is 2.22. The molecule has 0 radical (unpaired) electrons. The van der Waals surface area contributed by atoms with Crippen molar-refractivity contribution < 1.29 is 4.79 Å². The summed E-state index contributed by atoms with van der Waals surface area (Å²) in [5.74, 6) is -0.0378. The van der Waals surface area contributed by atoms with E-state index in [1.807, 2.05) is 59.4 Å². The van der Waals surface area contributed by atoms with Crippen LogP contribution in [0.25, 0.3) is 0 Å². The van der Waals surface area contributed by atoms with Crippen LogP contribution in [0.5, 0.6) is 0 Å². The van der Waals surface area contributed by atoms with Gasteiger partial charge in [-0.25, -0.2) is 0 Å². The second-order valence-electron chi connectivity index (χ2n) is 6.44. The van der Waals surface area contributed by atoms with Gasteiger partial charge < -0.3 is 5.32 Å². The molecule has 3 aromatic rings. The number of aromatic nitrogens is 2. The lowest BCUT2D eigenvalue weighted by molar-refractivity contribution is -0.121. The maximum atomic E-state index is 13.1. The molecule has 1 amide bonds. The predicted octanol–water partition coefficient (Wildman–Crippen LogP) is 3.95. The Morgan fingerprint density at radius 3 is 2.30 bits per heavy atom. The molecular formula is C22H26N4O. The van der Waals surface area contributed by atoms with Crippen molar-refractivity contribution >= 4 is 11.6 Å². The first-order valence-electron chi connectivity index (χ1n) is 9.37. The molecule has 0 saturated heterocycles. The highest BCUT2D eigenvalue weighted by atomic mass is 16.2. The van der Waals surface area contributed by atoms with Crippen LogP contribution in [0.1, 0.15) is 31.0 Å². The topological polar surface area (TPSA) is 50.2 Å². The van der Waals surface area contributed by atoms with Crippen LogP contribution < -0.4 is 5.32 Å². The van der Waals surface area contributed by atoms with Crippen molar-refractivity contribution in [1.82, 2.24) is 14.7 Å². The fourth-order valence-electron chi connectivity index (χ4n) is 3.25. The molecule has 140 valence electrons. The predicted molar refractivity (Wildman–Crippen MR) is 109 cm³/mol. The first kappa shape index (κ1) is 18.9. The quantitative estimate of drug-likeness (QED) is 0.660. The molecule has 5 nitrogen and oxygen atoms in total. The van der Waals surface area contributed by atoms with E-state index in [-0.39, 0.29) is 11.9 Å². The summed E-state index contributed by atoms with van der Waals surface area (Å²) in [5.41, 5.74) is 2.88. The maximum absolute atomic E-state index is 13.1. The van der Waals surface area contributed by atoms with E-state index >= 15 is 0 Å². The summed E-state index contributed by atoms with van der Waals surface area (Å²) < 4.78 is 1.83. The molecule has 1 unspecified atom stereocenters. The lowest BCUT2D eigenvalue weighted by Crippen LogP contribution is -2.37. The van der Waals surface area contributed by atoms with Crippen molar-refractivity contribution in [3.8, 4) is 0 Å². The van der Waals surface area contributed by atoms with Gasteiger partial charge in [-0.2, -0.15) is 5.10 Å². The van der Waals surface area contributed by atoms with Gasteiger partial charge in [0.05, 0.1) is 18.4 Å². The summed E-state index contributed by atoms with van der Waals surface area (Å²) in [7, 11) is 0. The van der Waals surface area contributed by atoms with E-state index in [4.69, 9.17) is 0 Å². The average Bonchev–Trinajstić information content (AvgIpc) is 3.14. The van der Waals surface area contributed by atoms with Crippen molar-refractivity contribution in [2.75, 3.05) is 18.4 Å². The molecule has 0 saturated carbocycles. The minimum Gasteiger partial charge on any atom is -0.322 e. The molecule has 27 heavy (non-hydrogen) atoms. The van der Waals surface area contributed by atoms with E-state index < -0.39 is 0 Å². The Balaban J connectivity index is 1.74. The molecule has 2 aromatic carbocycles. The molecule has 0 spiro atoms. The van der Waals surface area contributed by atoms with Crippen LogP contribution in [0.2, 0.25) is 0 Å². The number of rotatable bonds is 8. The molecule has 5 heteroatoms. The summed E-state index contributed by atoms with van der Waals surface area (Å²) in [6, 6.07) is 19.7. The van der Waals surface area contributed by atoms with Crippen LogP contribution >= 0.6 is 0 Å². The highest BCUT2D eigenvalue weighted by molar-refractivity contribution is 5.95. The molecule has 3 rings (SSSR count). The number of carbonyl (C=O) groups is 1. The fraction of sp³-hybridized carbons (Fsp3) is 0.273. The lowest BCUT2D eigenvalue weighted by Gasteiger charge is -2.28. The number of benzene rings is 2. The second kappa shape index (κ2) is 9.14. The molecule has 0 bridgehead atoms. The molecular weight excluding hydrogens is 336 g/mol. The molecule has 1 atom stereocenters. The average molecular weight is 362 g/mol. The monoisotopic (exact) mass is 362 g/mol. The maximum Gasteiger partial charge on any atom is 0.246 e. The molecule has 0 aliphatic heterocycles. The van der Waals surface area contributed by atoms with E-state index in [0.717, 1.165) is 18.7 Å². The van der Waals surface area contributed by atoms with Gasteiger partial charge in [-0.1, -0.05) is 74.5 Å². The largest absolute Gasteiger partial charge is 0.322 e. The summed E-state index contributed by atoms with van der Waals surface area (Å²) in [6.07, 6.45) is 3.57. The molecule has 1 heterocycles. The SMILES string of the molecule is CCN(CC)C(C(=O)Nc1cnn(Cc2ccccc2)c1)c1ccccc1. The number of hydrogen-bond acceptors (Lipinski definition) is 3. The van der Waals surface area contributed by atoms with Gasteiger partial charge in [0.15, 0.2) is 0 Å².